The van der Waals surface area contributed by atoms with Gasteiger partial charge in [0.05, 0.1) is 11.6 Å². The average molecular weight is 249 g/mol. The van der Waals surface area contributed by atoms with E-state index >= 15 is 0 Å². The van der Waals surface area contributed by atoms with Gasteiger partial charge >= 0.3 is 0 Å². The molecule has 1 aliphatic carbocycles. The lowest BCUT2D eigenvalue weighted by atomic mass is 9.70. The Balaban J connectivity index is 1.77. The van der Waals surface area contributed by atoms with Crippen molar-refractivity contribution in [1.29, 1.82) is 0 Å². The molecule has 18 heavy (non-hydrogen) atoms. The molecular weight excluding hydrogens is 226 g/mol. The van der Waals surface area contributed by atoms with Gasteiger partial charge in [-0.3, -0.25) is 0 Å². The normalized spacial score (nSPS) is 28.0. The molecule has 1 spiro atoms. The van der Waals surface area contributed by atoms with Crippen molar-refractivity contribution in [3.8, 4) is 0 Å². The van der Waals surface area contributed by atoms with Crippen molar-refractivity contribution in [2.75, 3.05) is 13.7 Å². The fourth-order valence-electron chi connectivity index (χ4n) is 3.52. The van der Waals surface area contributed by atoms with E-state index in [-0.39, 0.29) is 5.60 Å². The summed E-state index contributed by atoms with van der Waals surface area (Å²) in [7, 11) is 4.12. The van der Waals surface area contributed by atoms with Crippen LogP contribution in [-0.2, 0) is 11.8 Å². The summed E-state index contributed by atoms with van der Waals surface area (Å²) in [5.41, 5.74) is 0.211. The monoisotopic (exact) mass is 249 g/mol. The van der Waals surface area contributed by atoms with Crippen LogP contribution in [0.2, 0.25) is 0 Å². The van der Waals surface area contributed by atoms with E-state index in [1.54, 1.807) is 0 Å². The fourth-order valence-corrected chi connectivity index (χ4v) is 3.52. The Labute approximate surface area is 109 Å². The molecule has 1 saturated carbocycles. The van der Waals surface area contributed by atoms with Crippen LogP contribution in [0.25, 0.3) is 0 Å². The summed E-state index contributed by atoms with van der Waals surface area (Å²) in [5, 5.41) is 3.46. The van der Waals surface area contributed by atoms with Crippen molar-refractivity contribution in [1.82, 2.24) is 14.9 Å². The third kappa shape index (κ3) is 1.97. The highest BCUT2D eigenvalue weighted by molar-refractivity contribution is 5.04. The predicted octanol–water partition coefficient (Wildman–Crippen LogP) is 2.03. The number of nitrogens with zero attached hydrogens (tertiary/aromatic N) is 2. The van der Waals surface area contributed by atoms with E-state index in [1.165, 1.54) is 25.7 Å². The van der Waals surface area contributed by atoms with Crippen LogP contribution < -0.4 is 5.32 Å². The van der Waals surface area contributed by atoms with Crippen molar-refractivity contribution < 1.29 is 4.74 Å². The van der Waals surface area contributed by atoms with Crippen LogP contribution in [0.1, 0.15) is 44.0 Å². The van der Waals surface area contributed by atoms with Crippen LogP contribution in [-0.4, -0.2) is 28.8 Å². The van der Waals surface area contributed by atoms with Gasteiger partial charge in [-0.05, 0) is 45.1 Å². The van der Waals surface area contributed by atoms with E-state index in [0.717, 1.165) is 18.9 Å². The number of hydrogen-bond donors (Lipinski definition) is 1. The highest BCUT2D eigenvalue weighted by atomic mass is 16.5. The molecule has 2 heterocycles. The van der Waals surface area contributed by atoms with Crippen molar-refractivity contribution in [2.45, 2.75) is 43.7 Å². The zero-order valence-electron chi connectivity index (χ0n) is 11.4. The Morgan fingerprint density at radius 3 is 2.94 bits per heavy atom. The van der Waals surface area contributed by atoms with Crippen molar-refractivity contribution in [3.05, 3.63) is 18.2 Å². The van der Waals surface area contributed by atoms with Gasteiger partial charge in [0.1, 0.15) is 5.82 Å². The summed E-state index contributed by atoms with van der Waals surface area (Å²) < 4.78 is 8.15. The van der Waals surface area contributed by atoms with Crippen LogP contribution in [0.4, 0.5) is 0 Å². The molecule has 4 heteroatoms. The Morgan fingerprint density at radius 1 is 1.56 bits per heavy atom. The third-order valence-corrected chi connectivity index (χ3v) is 4.71. The van der Waals surface area contributed by atoms with Gasteiger partial charge in [-0.25, -0.2) is 4.98 Å². The van der Waals surface area contributed by atoms with Crippen LogP contribution >= 0.6 is 0 Å². The molecule has 0 amide bonds. The number of ether oxygens (including phenoxy) is 1. The van der Waals surface area contributed by atoms with Gasteiger partial charge in [0.15, 0.2) is 0 Å². The third-order valence-electron chi connectivity index (χ3n) is 4.71. The first kappa shape index (κ1) is 12.2. The maximum Gasteiger partial charge on any atom is 0.125 e. The SMILES string of the molecule is CNC(c1nccn1C)C1CCOC2(CCC2)C1. The summed E-state index contributed by atoms with van der Waals surface area (Å²) in [4.78, 5) is 4.51. The van der Waals surface area contributed by atoms with E-state index in [2.05, 4.69) is 21.9 Å². The number of aromatic nitrogens is 2. The molecule has 1 saturated heterocycles. The van der Waals surface area contributed by atoms with E-state index in [1.807, 2.05) is 19.4 Å². The van der Waals surface area contributed by atoms with Crippen LogP contribution in [0, 0.1) is 5.92 Å². The quantitative estimate of drug-likeness (QED) is 0.891. The topological polar surface area (TPSA) is 39.1 Å². The molecule has 2 fully saturated rings. The number of aryl methyl sites for hydroxylation is 1. The Bertz CT molecular complexity index is 411. The molecule has 2 unspecified atom stereocenters. The molecule has 1 N–H and O–H groups in total. The van der Waals surface area contributed by atoms with E-state index < -0.39 is 0 Å². The number of nitrogens with one attached hydrogen (secondary N) is 1. The minimum atomic E-state index is 0.211. The number of imidazole rings is 1. The van der Waals surface area contributed by atoms with Crippen LogP contribution in [0.15, 0.2) is 12.4 Å². The maximum absolute atomic E-state index is 6.02. The first-order chi connectivity index (χ1) is 8.74. The van der Waals surface area contributed by atoms with Crippen LogP contribution in [0.5, 0.6) is 0 Å². The van der Waals surface area contributed by atoms with Crippen molar-refractivity contribution in [3.63, 3.8) is 0 Å². The molecule has 100 valence electrons. The summed E-state index contributed by atoms with van der Waals surface area (Å²) in [6, 6.07) is 0.353. The first-order valence-electron chi connectivity index (χ1n) is 7.02. The number of rotatable bonds is 3. The van der Waals surface area contributed by atoms with Crippen molar-refractivity contribution >= 4 is 0 Å². The molecule has 4 nitrogen and oxygen atoms in total. The summed E-state index contributed by atoms with van der Waals surface area (Å²) in [6.07, 6.45) is 10.1. The molecule has 1 aromatic heterocycles. The fraction of sp³-hybridized carbons (Fsp3) is 0.786. The summed E-state index contributed by atoms with van der Waals surface area (Å²) in [5.74, 6) is 1.80. The number of hydrogen-bond acceptors (Lipinski definition) is 3. The smallest absolute Gasteiger partial charge is 0.125 e. The second-order valence-corrected chi connectivity index (χ2v) is 5.80. The maximum atomic E-state index is 6.02. The van der Waals surface area contributed by atoms with Gasteiger partial charge in [-0.1, -0.05) is 0 Å². The lowest BCUT2D eigenvalue weighted by Gasteiger charge is -2.48. The molecule has 1 aliphatic heterocycles. The predicted molar refractivity (Wildman–Crippen MR) is 70.3 cm³/mol. The first-order valence-corrected chi connectivity index (χ1v) is 7.02. The lowest BCUT2D eigenvalue weighted by molar-refractivity contribution is -0.147. The largest absolute Gasteiger partial charge is 0.375 e. The Morgan fingerprint density at radius 2 is 2.39 bits per heavy atom. The van der Waals surface area contributed by atoms with E-state index in [9.17, 15) is 0 Å². The molecular formula is C14H23N3O. The minimum absolute atomic E-state index is 0.211. The van der Waals surface area contributed by atoms with Gasteiger partial charge < -0.3 is 14.6 Å². The van der Waals surface area contributed by atoms with Gasteiger partial charge in [-0.15, -0.1) is 0 Å². The standard InChI is InChI=1S/C14H23N3O/c1-15-12(13-16-7-8-17(13)2)11-4-9-18-14(10-11)5-3-6-14/h7-8,11-12,15H,3-6,9-10H2,1-2H3. The summed E-state index contributed by atoms with van der Waals surface area (Å²) in [6.45, 7) is 0.910. The molecule has 0 bridgehead atoms. The van der Waals surface area contributed by atoms with Gasteiger partial charge in [-0.2, -0.15) is 0 Å². The molecule has 3 rings (SSSR count). The average Bonchev–Trinajstić information content (AvgIpc) is 2.75. The lowest BCUT2D eigenvalue weighted by Crippen LogP contribution is -2.48. The van der Waals surface area contributed by atoms with E-state index in [0.29, 0.717) is 12.0 Å². The molecule has 0 radical (unpaired) electrons. The highest BCUT2D eigenvalue weighted by Gasteiger charge is 2.44. The zero-order chi connectivity index (χ0) is 12.6. The Kier molecular flexibility index (Phi) is 3.16. The van der Waals surface area contributed by atoms with Gasteiger partial charge in [0, 0.05) is 26.0 Å². The van der Waals surface area contributed by atoms with Crippen molar-refractivity contribution in [2.24, 2.45) is 13.0 Å². The minimum Gasteiger partial charge on any atom is -0.375 e. The highest BCUT2D eigenvalue weighted by Crippen LogP contribution is 2.46. The van der Waals surface area contributed by atoms with Crippen LogP contribution in [0.3, 0.4) is 0 Å². The van der Waals surface area contributed by atoms with E-state index in [4.69, 9.17) is 4.74 Å². The molecule has 2 atom stereocenters. The molecule has 1 aromatic rings. The Hall–Kier alpha value is -0.870. The zero-order valence-corrected chi connectivity index (χ0v) is 11.4. The summed E-state index contributed by atoms with van der Waals surface area (Å²) >= 11 is 0. The molecule has 0 aromatic carbocycles. The second kappa shape index (κ2) is 4.67. The van der Waals surface area contributed by atoms with Gasteiger partial charge in [0.2, 0.25) is 0 Å². The molecule has 2 aliphatic rings. The van der Waals surface area contributed by atoms with Gasteiger partial charge in [0.25, 0.3) is 0 Å². The second-order valence-electron chi connectivity index (χ2n) is 5.80.